The number of benzene rings is 1. The van der Waals surface area contributed by atoms with Crippen molar-refractivity contribution < 1.29 is 14.3 Å². The molecule has 0 radical (unpaired) electrons. The van der Waals surface area contributed by atoms with Gasteiger partial charge in [-0.3, -0.25) is 4.79 Å². The molecule has 92 valence electrons. The average Bonchev–Trinajstić information content (AvgIpc) is 2.61. The minimum atomic E-state index is -0.435. The molecule has 0 spiro atoms. The molecule has 5 nitrogen and oxygen atoms in total. The molecule has 1 aromatic carbocycles. The van der Waals surface area contributed by atoms with Gasteiger partial charge in [0.15, 0.2) is 17.6 Å². The Labute approximate surface area is 100 Å². The maximum absolute atomic E-state index is 11.7. The number of amides is 1. The van der Waals surface area contributed by atoms with Gasteiger partial charge in [0.05, 0.1) is 7.11 Å². The molecule has 0 bridgehead atoms. The van der Waals surface area contributed by atoms with Crippen molar-refractivity contribution in [3.63, 3.8) is 0 Å². The van der Waals surface area contributed by atoms with E-state index >= 15 is 0 Å². The number of hydrogen-bond acceptors (Lipinski definition) is 4. The van der Waals surface area contributed by atoms with Crippen LogP contribution in [0.15, 0.2) is 18.2 Å². The van der Waals surface area contributed by atoms with Gasteiger partial charge in [0, 0.05) is 31.8 Å². The molecule has 5 heteroatoms. The fourth-order valence-corrected chi connectivity index (χ4v) is 1.84. The van der Waals surface area contributed by atoms with Gasteiger partial charge < -0.3 is 20.1 Å². The summed E-state index contributed by atoms with van der Waals surface area (Å²) in [5.41, 5.74) is 6.27. The van der Waals surface area contributed by atoms with E-state index in [1.807, 2.05) is 0 Å². The second-order valence-corrected chi connectivity index (χ2v) is 4.07. The van der Waals surface area contributed by atoms with Crippen molar-refractivity contribution in [3.05, 3.63) is 18.2 Å². The van der Waals surface area contributed by atoms with Crippen LogP contribution < -0.4 is 15.2 Å². The van der Waals surface area contributed by atoms with Crippen LogP contribution in [0.4, 0.5) is 5.69 Å². The third kappa shape index (κ3) is 2.27. The molecule has 1 aliphatic rings. The lowest BCUT2D eigenvalue weighted by Gasteiger charge is -2.15. The van der Waals surface area contributed by atoms with Crippen LogP contribution in [-0.2, 0) is 4.79 Å². The second-order valence-electron chi connectivity index (χ2n) is 4.07. The Kier molecular flexibility index (Phi) is 3.08. The third-order valence-electron chi connectivity index (χ3n) is 2.84. The number of hydrogen-bond donors (Lipinski definition) is 1. The summed E-state index contributed by atoms with van der Waals surface area (Å²) in [4.78, 5) is 13.4. The van der Waals surface area contributed by atoms with E-state index in [4.69, 9.17) is 15.2 Å². The summed E-state index contributed by atoms with van der Waals surface area (Å²) in [5.74, 6) is 1.09. The van der Waals surface area contributed by atoms with E-state index < -0.39 is 6.10 Å². The predicted octanol–water partition coefficient (Wildman–Crippen LogP) is 0.887. The highest BCUT2D eigenvalue weighted by molar-refractivity contribution is 5.83. The van der Waals surface area contributed by atoms with Crippen molar-refractivity contribution in [2.45, 2.75) is 12.5 Å². The Morgan fingerprint density at radius 3 is 2.76 bits per heavy atom. The number of likely N-dealkylation sites (N-methyl/N-ethyl adjacent to an activating group) is 1. The van der Waals surface area contributed by atoms with E-state index in [9.17, 15) is 4.79 Å². The summed E-state index contributed by atoms with van der Waals surface area (Å²) in [6.07, 6.45) is 0.253. The standard InChI is InChI=1S/C12H16N2O3/c1-14-6-5-10(12(14)15)17-11-7-8(13)3-4-9(11)16-2/h3-4,7,10H,5-6,13H2,1-2H3. The first kappa shape index (κ1) is 11.6. The first-order chi connectivity index (χ1) is 8.11. The first-order valence-corrected chi connectivity index (χ1v) is 5.47. The molecule has 0 aliphatic carbocycles. The van der Waals surface area contributed by atoms with E-state index in [-0.39, 0.29) is 5.91 Å². The molecular formula is C12H16N2O3. The molecule has 1 atom stereocenters. The van der Waals surface area contributed by atoms with Crippen LogP contribution in [0.5, 0.6) is 11.5 Å². The van der Waals surface area contributed by atoms with Crippen LogP contribution in [0.3, 0.4) is 0 Å². The topological polar surface area (TPSA) is 64.8 Å². The third-order valence-corrected chi connectivity index (χ3v) is 2.84. The van der Waals surface area contributed by atoms with Gasteiger partial charge in [-0.15, -0.1) is 0 Å². The molecule has 2 N–H and O–H groups in total. The van der Waals surface area contributed by atoms with Crippen molar-refractivity contribution in [2.75, 3.05) is 26.4 Å². The van der Waals surface area contributed by atoms with Crippen LogP contribution in [0.2, 0.25) is 0 Å². The number of anilines is 1. The number of methoxy groups -OCH3 is 1. The highest BCUT2D eigenvalue weighted by atomic mass is 16.5. The molecule has 1 aromatic rings. The zero-order valence-electron chi connectivity index (χ0n) is 9.97. The maximum Gasteiger partial charge on any atom is 0.263 e. The van der Waals surface area contributed by atoms with E-state index in [0.29, 0.717) is 30.2 Å². The molecule has 1 heterocycles. The highest BCUT2D eigenvalue weighted by Gasteiger charge is 2.31. The van der Waals surface area contributed by atoms with Crippen molar-refractivity contribution in [2.24, 2.45) is 0 Å². The zero-order chi connectivity index (χ0) is 12.4. The lowest BCUT2D eigenvalue weighted by molar-refractivity contribution is -0.132. The summed E-state index contributed by atoms with van der Waals surface area (Å²) in [6, 6.07) is 5.13. The lowest BCUT2D eigenvalue weighted by atomic mass is 10.2. The SMILES string of the molecule is COc1ccc(N)cc1OC1CCN(C)C1=O. The van der Waals surface area contributed by atoms with E-state index in [1.165, 1.54) is 0 Å². The fourth-order valence-electron chi connectivity index (χ4n) is 1.84. The van der Waals surface area contributed by atoms with Crippen LogP contribution in [0, 0.1) is 0 Å². The fraction of sp³-hybridized carbons (Fsp3) is 0.417. The number of ether oxygens (including phenoxy) is 2. The van der Waals surface area contributed by atoms with Crippen LogP contribution >= 0.6 is 0 Å². The monoisotopic (exact) mass is 236 g/mol. The summed E-state index contributed by atoms with van der Waals surface area (Å²) >= 11 is 0. The summed E-state index contributed by atoms with van der Waals surface area (Å²) in [7, 11) is 3.32. The van der Waals surface area contributed by atoms with Gasteiger partial charge >= 0.3 is 0 Å². The molecule has 1 fully saturated rings. The van der Waals surface area contributed by atoms with Gasteiger partial charge in [0.2, 0.25) is 0 Å². The van der Waals surface area contributed by atoms with E-state index in [0.717, 1.165) is 0 Å². The number of rotatable bonds is 3. The number of likely N-dealkylation sites (tertiary alicyclic amines) is 1. The predicted molar refractivity (Wildman–Crippen MR) is 64.1 cm³/mol. The lowest BCUT2D eigenvalue weighted by Crippen LogP contribution is -2.29. The van der Waals surface area contributed by atoms with Gasteiger partial charge in [-0.2, -0.15) is 0 Å². The molecule has 0 saturated carbocycles. The molecule has 0 aromatic heterocycles. The molecule has 1 unspecified atom stereocenters. The van der Waals surface area contributed by atoms with Crippen molar-refractivity contribution in [1.29, 1.82) is 0 Å². The number of carbonyl (C=O) groups is 1. The van der Waals surface area contributed by atoms with Crippen molar-refractivity contribution in [3.8, 4) is 11.5 Å². The number of nitrogens with zero attached hydrogens (tertiary/aromatic N) is 1. The summed E-state index contributed by atoms with van der Waals surface area (Å²) in [5, 5.41) is 0. The highest BCUT2D eigenvalue weighted by Crippen LogP contribution is 2.31. The average molecular weight is 236 g/mol. The van der Waals surface area contributed by atoms with Crippen LogP contribution in [0.25, 0.3) is 0 Å². The van der Waals surface area contributed by atoms with Gasteiger partial charge in [0.1, 0.15) is 0 Å². The minimum Gasteiger partial charge on any atom is -0.493 e. The Bertz CT molecular complexity index is 434. The van der Waals surface area contributed by atoms with Crippen LogP contribution in [-0.4, -0.2) is 37.6 Å². The molecule has 1 saturated heterocycles. The van der Waals surface area contributed by atoms with Crippen LogP contribution in [0.1, 0.15) is 6.42 Å². The Morgan fingerprint density at radius 1 is 1.41 bits per heavy atom. The Morgan fingerprint density at radius 2 is 2.18 bits per heavy atom. The Hall–Kier alpha value is -1.91. The van der Waals surface area contributed by atoms with E-state index in [1.54, 1.807) is 37.3 Å². The number of nitrogen functional groups attached to an aromatic ring is 1. The minimum absolute atomic E-state index is 0.00511. The van der Waals surface area contributed by atoms with Gasteiger partial charge in [-0.05, 0) is 12.1 Å². The number of nitrogens with two attached hydrogens (primary N) is 1. The quantitative estimate of drug-likeness (QED) is 0.791. The molecule has 17 heavy (non-hydrogen) atoms. The van der Waals surface area contributed by atoms with Gasteiger partial charge in [-0.25, -0.2) is 0 Å². The molecule has 2 rings (SSSR count). The Balaban J connectivity index is 2.18. The zero-order valence-corrected chi connectivity index (χ0v) is 9.97. The smallest absolute Gasteiger partial charge is 0.263 e. The normalized spacial score (nSPS) is 19.5. The largest absolute Gasteiger partial charge is 0.493 e. The number of carbonyl (C=O) groups excluding carboxylic acids is 1. The van der Waals surface area contributed by atoms with E-state index in [2.05, 4.69) is 0 Å². The van der Waals surface area contributed by atoms with Crippen molar-refractivity contribution >= 4 is 11.6 Å². The van der Waals surface area contributed by atoms with Gasteiger partial charge in [-0.1, -0.05) is 0 Å². The van der Waals surface area contributed by atoms with Gasteiger partial charge in [0.25, 0.3) is 5.91 Å². The van der Waals surface area contributed by atoms with Crippen molar-refractivity contribution in [1.82, 2.24) is 4.90 Å². The molecule has 1 amide bonds. The molecule has 1 aliphatic heterocycles. The molecular weight excluding hydrogens is 220 g/mol. The maximum atomic E-state index is 11.7. The second kappa shape index (κ2) is 4.53. The summed E-state index contributed by atoms with van der Waals surface area (Å²) in [6.45, 7) is 0.716. The first-order valence-electron chi connectivity index (χ1n) is 5.47. The summed E-state index contributed by atoms with van der Waals surface area (Å²) < 4.78 is 10.8.